The highest BCUT2D eigenvalue weighted by atomic mass is 79.9. The molecule has 2 aromatic heterocycles. The van der Waals surface area contributed by atoms with Crippen LogP contribution in [-0.2, 0) is 0 Å². The molecular formula is C22H29BrN4O2. The van der Waals surface area contributed by atoms with Crippen molar-refractivity contribution in [2.45, 2.75) is 82.5 Å². The van der Waals surface area contributed by atoms with Gasteiger partial charge in [-0.25, -0.2) is 4.98 Å². The molecule has 156 valence electrons. The molecule has 0 bridgehead atoms. The van der Waals surface area contributed by atoms with Crippen LogP contribution in [0, 0.1) is 11.3 Å². The Bertz CT molecular complexity index is 911. The zero-order valence-electron chi connectivity index (χ0n) is 17.1. The van der Waals surface area contributed by atoms with Crippen LogP contribution in [0.2, 0.25) is 0 Å². The lowest BCUT2D eigenvalue weighted by molar-refractivity contribution is -0.0418. The first-order valence-electron chi connectivity index (χ1n) is 10.6. The highest BCUT2D eigenvalue weighted by Gasteiger charge is 2.38. The Labute approximate surface area is 180 Å². The molecule has 1 saturated carbocycles. The van der Waals surface area contributed by atoms with Gasteiger partial charge in [-0.2, -0.15) is 5.26 Å². The van der Waals surface area contributed by atoms with Crippen molar-refractivity contribution >= 4 is 32.7 Å². The molecule has 7 heteroatoms. The number of hydrogen-bond acceptors (Lipinski definition) is 6. The van der Waals surface area contributed by atoms with Crippen LogP contribution < -0.4 is 5.32 Å². The highest BCUT2D eigenvalue weighted by molar-refractivity contribution is 9.10. The van der Waals surface area contributed by atoms with E-state index in [0.29, 0.717) is 29.5 Å². The summed E-state index contributed by atoms with van der Waals surface area (Å²) >= 11 is 3.62. The molecule has 2 aliphatic rings. The van der Waals surface area contributed by atoms with Crippen molar-refractivity contribution in [1.82, 2.24) is 9.88 Å². The first-order valence-corrected chi connectivity index (χ1v) is 11.4. The van der Waals surface area contributed by atoms with Crippen LogP contribution in [0.15, 0.2) is 21.2 Å². The molecule has 1 aliphatic heterocycles. The minimum absolute atomic E-state index is 0.298. The summed E-state index contributed by atoms with van der Waals surface area (Å²) in [6.45, 7) is 5.19. The molecule has 2 aromatic rings. The largest absolute Gasteiger partial charge is 0.444 e. The number of fused-ring (bicyclic) bond motifs is 1. The van der Waals surface area contributed by atoms with Gasteiger partial charge < -0.3 is 14.8 Å². The van der Waals surface area contributed by atoms with E-state index in [0.717, 1.165) is 41.4 Å². The summed E-state index contributed by atoms with van der Waals surface area (Å²) in [4.78, 5) is 7.11. The molecule has 2 fully saturated rings. The maximum absolute atomic E-state index is 10.4. The second kappa shape index (κ2) is 8.25. The second-order valence-corrected chi connectivity index (χ2v) is 9.60. The van der Waals surface area contributed by atoms with Gasteiger partial charge in [0.15, 0.2) is 5.58 Å². The van der Waals surface area contributed by atoms with Crippen molar-refractivity contribution in [1.29, 1.82) is 5.26 Å². The molecule has 0 aromatic carbocycles. The average molecular weight is 461 g/mol. The lowest BCUT2D eigenvalue weighted by Gasteiger charge is -2.50. The first kappa shape index (κ1) is 20.6. The predicted octanol–water partition coefficient (Wildman–Crippen LogP) is 4.81. The molecule has 2 unspecified atom stereocenters. The van der Waals surface area contributed by atoms with Crippen molar-refractivity contribution < 1.29 is 9.52 Å². The summed E-state index contributed by atoms with van der Waals surface area (Å²) in [5, 5.41) is 23.9. The van der Waals surface area contributed by atoms with E-state index in [2.05, 4.69) is 38.1 Å². The number of rotatable bonds is 6. The minimum atomic E-state index is -0.544. The number of nitrogens with zero attached hydrogens (tertiary/aromatic N) is 3. The molecule has 0 amide bonds. The molecule has 29 heavy (non-hydrogen) atoms. The molecule has 1 saturated heterocycles. The Kier molecular flexibility index (Phi) is 5.87. The van der Waals surface area contributed by atoms with Crippen molar-refractivity contribution in [3.63, 3.8) is 0 Å². The van der Waals surface area contributed by atoms with Crippen molar-refractivity contribution in [2.75, 3.05) is 11.9 Å². The van der Waals surface area contributed by atoms with Gasteiger partial charge in [0.25, 0.3) is 0 Å². The Hall–Kier alpha value is -1.62. The lowest BCUT2D eigenvalue weighted by Crippen LogP contribution is -2.56. The molecule has 3 heterocycles. The predicted molar refractivity (Wildman–Crippen MR) is 117 cm³/mol. The quantitative estimate of drug-likeness (QED) is 0.642. The summed E-state index contributed by atoms with van der Waals surface area (Å²) in [5.74, 6) is 1.11. The third-order valence-corrected chi connectivity index (χ3v) is 7.56. The maximum Gasteiger partial charge on any atom is 0.204 e. The van der Waals surface area contributed by atoms with Crippen LogP contribution in [-0.4, -0.2) is 45.3 Å². The number of nitrogens with one attached hydrogen (secondary N) is 1. The number of aromatic nitrogens is 1. The zero-order chi connectivity index (χ0) is 20.6. The smallest absolute Gasteiger partial charge is 0.204 e. The van der Waals surface area contributed by atoms with Gasteiger partial charge in [-0.1, -0.05) is 6.92 Å². The van der Waals surface area contributed by atoms with E-state index in [9.17, 15) is 5.11 Å². The summed E-state index contributed by atoms with van der Waals surface area (Å²) in [6.07, 6.45) is 9.15. The van der Waals surface area contributed by atoms with Crippen LogP contribution in [0.3, 0.4) is 0 Å². The monoisotopic (exact) mass is 460 g/mol. The van der Waals surface area contributed by atoms with Gasteiger partial charge in [0, 0.05) is 36.1 Å². The van der Waals surface area contributed by atoms with Gasteiger partial charge in [-0.3, -0.25) is 4.90 Å². The summed E-state index contributed by atoms with van der Waals surface area (Å²) in [6, 6.07) is 5.35. The SMILES string of the molecule is CCC(C)(O)CC1CCN1C1CCC(Nc2ncc3oc(C#N)cc3c2Br)CC1. The molecule has 4 rings (SSSR count). The Morgan fingerprint density at radius 1 is 1.38 bits per heavy atom. The molecule has 6 nitrogen and oxygen atoms in total. The van der Waals surface area contributed by atoms with Crippen molar-refractivity contribution in [3.05, 3.63) is 22.5 Å². The fourth-order valence-electron chi connectivity index (χ4n) is 4.69. The van der Waals surface area contributed by atoms with E-state index in [1.54, 1.807) is 12.3 Å². The van der Waals surface area contributed by atoms with E-state index in [4.69, 9.17) is 9.68 Å². The molecule has 0 radical (unpaired) electrons. The van der Waals surface area contributed by atoms with Gasteiger partial charge in [-0.05, 0) is 67.8 Å². The summed E-state index contributed by atoms with van der Waals surface area (Å²) < 4.78 is 6.30. The van der Waals surface area contributed by atoms with Crippen LogP contribution >= 0.6 is 15.9 Å². The summed E-state index contributed by atoms with van der Waals surface area (Å²) in [5.41, 5.74) is 0.0754. The van der Waals surface area contributed by atoms with Crippen molar-refractivity contribution in [2.24, 2.45) is 0 Å². The number of halogens is 1. The van der Waals surface area contributed by atoms with Crippen LogP contribution in [0.25, 0.3) is 11.0 Å². The van der Waals surface area contributed by atoms with Gasteiger partial charge in [0.2, 0.25) is 5.76 Å². The number of furan rings is 1. The molecule has 0 spiro atoms. The number of nitriles is 1. The standard InChI is InChI=1S/C22H29BrN4O2/c1-3-22(2,28)11-16-8-9-27(16)15-6-4-14(5-7-15)26-21-20(23)18-10-17(12-24)29-19(18)13-25-21/h10,13-16,28H,3-9,11H2,1-2H3,(H,25,26). The Balaban J connectivity index is 1.34. The Morgan fingerprint density at radius 3 is 2.76 bits per heavy atom. The number of hydrogen-bond donors (Lipinski definition) is 2. The third-order valence-electron chi connectivity index (χ3n) is 6.76. The summed E-state index contributed by atoms with van der Waals surface area (Å²) in [7, 11) is 0. The van der Waals surface area contributed by atoms with Gasteiger partial charge >= 0.3 is 0 Å². The maximum atomic E-state index is 10.4. The van der Waals surface area contributed by atoms with E-state index in [-0.39, 0.29) is 0 Å². The van der Waals surface area contributed by atoms with Gasteiger partial charge in [-0.15, -0.1) is 0 Å². The number of aliphatic hydroxyl groups is 1. The fraction of sp³-hybridized carbons (Fsp3) is 0.636. The zero-order valence-corrected chi connectivity index (χ0v) is 18.7. The van der Waals surface area contributed by atoms with E-state index < -0.39 is 5.60 Å². The first-order chi connectivity index (χ1) is 13.9. The highest BCUT2D eigenvalue weighted by Crippen LogP contribution is 2.36. The van der Waals surface area contributed by atoms with E-state index in [1.165, 1.54) is 25.8 Å². The number of pyridine rings is 1. The number of anilines is 1. The van der Waals surface area contributed by atoms with E-state index in [1.807, 2.05) is 13.0 Å². The topological polar surface area (TPSA) is 85.3 Å². The molecular weight excluding hydrogens is 432 g/mol. The third kappa shape index (κ3) is 4.30. The number of likely N-dealkylation sites (tertiary alicyclic amines) is 1. The second-order valence-electron chi connectivity index (χ2n) is 8.81. The lowest BCUT2D eigenvalue weighted by atomic mass is 9.82. The normalized spacial score (nSPS) is 27.2. The molecule has 1 aliphatic carbocycles. The fourth-order valence-corrected chi connectivity index (χ4v) is 5.22. The van der Waals surface area contributed by atoms with Crippen LogP contribution in [0.4, 0.5) is 5.82 Å². The minimum Gasteiger partial charge on any atom is -0.444 e. The van der Waals surface area contributed by atoms with Crippen LogP contribution in [0.5, 0.6) is 0 Å². The van der Waals surface area contributed by atoms with Crippen molar-refractivity contribution in [3.8, 4) is 6.07 Å². The van der Waals surface area contributed by atoms with Gasteiger partial charge in [0.1, 0.15) is 11.9 Å². The van der Waals surface area contributed by atoms with Gasteiger partial charge in [0.05, 0.1) is 16.3 Å². The molecule has 2 N–H and O–H groups in total. The average Bonchev–Trinajstić information content (AvgIpc) is 3.13. The van der Waals surface area contributed by atoms with Crippen LogP contribution in [0.1, 0.15) is 64.6 Å². The molecule has 2 atom stereocenters. The van der Waals surface area contributed by atoms with E-state index >= 15 is 0 Å². The Morgan fingerprint density at radius 2 is 2.14 bits per heavy atom.